The molecule has 1 saturated carbocycles. The van der Waals surface area contributed by atoms with Crippen molar-refractivity contribution >= 4 is 46.4 Å². The highest BCUT2D eigenvalue weighted by Gasteiger charge is 2.24. The summed E-state index contributed by atoms with van der Waals surface area (Å²) in [5.41, 5.74) is 4.78. The molecule has 0 radical (unpaired) electrons. The van der Waals surface area contributed by atoms with Gasteiger partial charge in [0.05, 0.1) is 12.6 Å². The Morgan fingerprint density at radius 2 is 2.00 bits per heavy atom. The van der Waals surface area contributed by atoms with Crippen LogP contribution in [0.3, 0.4) is 0 Å². The summed E-state index contributed by atoms with van der Waals surface area (Å²) in [5, 5.41) is 13.5. The summed E-state index contributed by atoms with van der Waals surface area (Å²) in [6.45, 7) is 0. The van der Waals surface area contributed by atoms with E-state index in [9.17, 15) is 9.59 Å². The van der Waals surface area contributed by atoms with Crippen molar-refractivity contribution in [3.05, 3.63) is 47.8 Å². The van der Waals surface area contributed by atoms with Crippen LogP contribution in [-0.2, 0) is 9.59 Å². The van der Waals surface area contributed by atoms with Gasteiger partial charge < -0.3 is 15.5 Å². The summed E-state index contributed by atoms with van der Waals surface area (Å²) >= 11 is 0. The molecule has 2 amide bonds. The first-order chi connectivity index (χ1) is 14.9. The Morgan fingerprint density at radius 1 is 1.19 bits per heavy atom. The van der Waals surface area contributed by atoms with E-state index in [1.807, 2.05) is 26.4 Å². The molecule has 0 unspecified atom stereocenters. The van der Waals surface area contributed by atoms with Crippen molar-refractivity contribution in [2.45, 2.75) is 25.3 Å². The van der Waals surface area contributed by atoms with Gasteiger partial charge in [0.1, 0.15) is 5.82 Å². The Kier molecular flexibility index (Phi) is 4.58. The number of carbonyl (C=O) groups is 2. The van der Waals surface area contributed by atoms with Crippen molar-refractivity contribution < 1.29 is 9.59 Å². The van der Waals surface area contributed by atoms with Gasteiger partial charge in [0.25, 0.3) is 5.91 Å². The number of benzene rings is 1. The average molecular weight is 417 g/mol. The van der Waals surface area contributed by atoms with E-state index in [0.29, 0.717) is 28.6 Å². The third-order valence-corrected chi connectivity index (χ3v) is 5.28. The second-order valence-electron chi connectivity index (χ2n) is 8.11. The van der Waals surface area contributed by atoms with Gasteiger partial charge in [-0.1, -0.05) is 0 Å². The minimum Gasteiger partial charge on any atom is -0.382 e. The van der Waals surface area contributed by atoms with Crippen LogP contribution >= 0.6 is 0 Å². The number of anilines is 4. The molecule has 9 heteroatoms. The Labute approximate surface area is 179 Å². The van der Waals surface area contributed by atoms with Crippen LogP contribution in [0.15, 0.2) is 42.2 Å². The number of amides is 2. The normalized spacial score (nSPS) is 17.3. The van der Waals surface area contributed by atoms with E-state index in [2.05, 4.69) is 49.1 Å². The van der Waals surface area contributed by atoms with Gasteiger partial charge in [-0.25, -0.2) is 9.50 Å². The van der Waals surface area contributed by atoms with Crippen LogP contribution in [0.4, 0.5) is 22.9 Å². The Hall–Kier alpha value is -3.88. The zero-order chi connectivity index (χ0) is 21.5. The molecule has 1 aromatic carbocycles. The predicted molar refractivity (Wildman–Crippen MR) is 119 cm³/mol. The van der Waals surface area contributed by atoms with Crippen molar-refractivity contribution in [1.29, 1.82) is 0 Å². The molecule has 1 aliphatic carbocycles. The maximum Gasteiger partial charge on any atom is 0.254 e. The second kappa shape index (κ2) is 7.42. The smallest absolute Gasteiger partial charge is 0.254 e. The van der Waals surface area contributed by atoms with E-state index in [-0.39, 0.29) is 18.2 Å². The predicted octanol–water partition coefficient (Wildman–Crippen LogP) is 2.54. The molecule has 2 aromatic heterocycles. The lowest BCUT2D eigenvalue weighted by molar-refractivity contribution is -0.124. The van der Waals surface area contributed by atoms with Crippen molar-refractivity contribution in [3.8, 4) is 0 Å². The fraction of sp³-hybridized carbons (Fsp3) is 0.273. The first-order valence-corrected chi connectivity index (χ1v) is 10.2. The van der Waals surface area contributed by atoms with Crippen LogP contribution in [0.5, 0.6) is 0 Å². The van der Waals surface area contributed by atoms with E-state index in [1.54, 1.807) is 16.8 Å². The van der Waals surface area contributed by atoms with Gasteiger partial charge in [-0.2, -0.15) is 5.10 Å². The number of carbonyl (C=O) groups excluding carboxylic acids is 2. The summed E-state index contributed by atoms with van der Waals surface area (Å²) in [5.74, 6) is 0.00197. The van der Waals surface area contributed by atoms with E-state index >= 15 is 0 Å². The van der Waals surface area contributed by atoms with Gasteiger partial charge in [0.15, 0.2) is 5.65 Å². The van der Waals surface area contributed by atoms with Crippen molar-refractivity contribution in [2.75, 3.05) is 29.6 Å². The topological polar surface area (TPSA) is 104 Å². The van der Waals surface area contributed by atoms with Crippen molar-refractivity contribution in [1.82, 2.24) is 19.9 Å². The molecule has 3 heterocycles. The quantitative estimate of drug-likeness (QED) is 0.418. The van der Waals surface area contributed by atoms with Crippen LogP contribution < -0.4 is 20.9 Å². The van der Waals surface area contributed by atoms with Crippen LogP contribution in [0.25, 0.3) is 11.7 Å². The van der Waals surface area contributed by atoms with Gasteiger partial charge in [0, 0.05) is 54.5 Å². The molecular weight excluding hydrogens is 394 g/mol. The maximum atomic E-state index is 11.9. The fourth-order valence-electron chi connectivity index (χ4n) is 3.50. The Bertz CT molecular complexity index is 1220. The zero-order valence-corrected chi connectivity index (χ0v) is 17.3. The third-order valence-electron chi connectivity index (χ3n) is 5.28. The summed E-state index contributed by atoms with van der Waals surface area (Å²) in [7, 11) is 4.03. The molecule has 3 aromatic rings. The van der Waals surface area contributed by atoms with Crippen molar-refractivity contribution in [2.24, 2.45) is 0 Å². The highest BCUT2D eigenvalue weighted by Crippen LogP contribution is 2.31. The number of hydrogen-bond donors (Lipinski definition) is 3. The van der Waals surface area contributed by atoms with Gasteiger partial charge in [-0.15, -0.1) is 0 Å². The molecule has 31 heavy (non-hydrogen) atoms. The maximum absolute atomic E-state index is 11.9. The molecular formula is C22H23N7O2. The van der Waals surface area contributed by atoms with Crippen LogP contribution in [0.1, 0.15) is 24.8 Å². The van der Waals surface area contributed by atoms with Crippen molar-refractivity contribution in [3.63, 3.8) is 0 Å². The molecule has 9 nitrogen and oxygen atoms in total. The summed E-state index contributed by atoms with van der Waals surface area (Å²) in [6.07, 6.45) is 7.60. The number of nitrogens with one attached hydrogen (secondary N) is 3. The molecule has 0 atom stereocenters. The highest BCUT2D eigenvalue weighted by molar-refractivity contribution is 6.15. The standard InChI is InChI=1S/C22H23N7O2/c1-28(2)18-10-16(24-15-3-4-15)9-17(11-18)25-19-5-6-29-21(26-19)14(12-23-29)7-13-8-20(30)27-22(13)31/h5-7,9-12,15,24H,3-4,8H2,1-2H3,(H,25,26)(H,27,30,31)/b13-7-. The van der Waals surface area contributed by atoms with Gasteiger partial charge in [-0.3, -0.25) is 14.9 Å². The van der Waals surface area contributed by atoms with E-state index < -0.39 is 0 Å². The fourth-order valence-corrected chi connectivity index (χ4v) is 3.50. The highest BCUT2D eigenvalue weighted by atomic mass is 16.2. The minimum atomic E-state index is -0.366. The number of aromatic nitrogens is 3. The molecule has 2 fully saturated rings. The van der Waals surface area contributed by atoms with Crippen LogP contribution in [0.2, 0.25) is 0 Å². The number of fused-ring (bicyclic) bond motifs is 1. The van der Waals surface area contributed by atoms with Crippen LogP contribution in [-0.4, -0.2) is 46.5 Å². The number of nitrogens with zero attached hydrogens (tertiary/aromatic N) is 4. The number of imide groups is 1. The average Bonchev–Trinajstić information content (AvgIpc) is 3.36. The van der Waals surface area contributed by atoms with Crippen LogP contribution in [0, 0.1) is 0 Å². The lowest BCUT2D eigenvalue weighted by Crippen LogP contribution is -2.19. The summed E-state index contributed by atoms with van der Waals surface area (Å²) < 4.78 is 1.64. The van der Waals surface area contributed by atoms with E-state index in [1.165, 1.54) is 12.8 Å². The van der Waals surface area contributed by atoms with E-state index in [0.717, 1.165) is 17.1 Å². The minimum absolute atomic E-state index is 0.0716. The molecule has 1 saturated heterocycles. The Morgan fingerprint density at radius 3 is 2.71 bits per heavy atom. The zero-order valence-electron chi connectivity index (χ0n) is 17.3. The molecule has 0 spiro atoms. The summed E-state index contributed by atoms with van der Waals surface area (Å²) in [6, 6.07) is 8.68. The second-order valence-corrected chi connectivity index (χ2v) is 8.11. The van der Waals surface area contributed by atoms with Gasteiger partial charge in [-0.05, 0) is 43.2 Å². The summed E-state index contributed by atoms with van der Waals surface area (Å²) in [4.78, 5) is 30.1. The Balaban J connectivity index is 1.46. The molecule has 158 valence electrons. The van der Waals surface area contributed by atoms with Gasteiger partial charge in [0.2, 0.25) is 5.91 Å². The first kappa shape index (κ1) is 19.1. The molecule has 3 N–H and O–H groups in total. The monoisotopic (exact) mass is 417 g/mol. The third kappa shape index (κ3) is 4.07. The lowest BCUT2D eigenvalue weighted by Gasteiger charge is -2.17. The largest absolute Gasteiger partial charge is 0.382 e. The molecule has 2 aliphatic rings. The van der Waals surface area contributed by atoms with E-state index in [4.69, 9.17) is 0 Å². The first-order valence-electron chi connectivity index (χ1n) is 10.2. The number of hydrogen-bond acceptors (Lipinski definition) is 7. The molecule has 1 aliphatic heterocycles. The van der Waals surface area contributed by atoms with Gasteiger partial charge >= 0.3 is 0 Å². The number of rotatable bonds is 6. The lowest BCUT2D eigenvalue weighted by atomic mass is 10.1. The molecule has 5 rings (SSSR count). The SMILES string of the molecule is CN(C)c1cc(Nc2ccn3ncc(/C=C4/CC(=O)NC4=O)c3n2)cc(NC2CC2)c1. The molecule has 0 bridgehead atoms.